The van der Waals surface area contributed by atoms with E-state index in [9.17, 15) is 0 Å². The Labute approximate surface area is 89.0 Å². The molecule has 2 unspecified atom stereocenters. The third-order valence-corrected chi connectivity index (χ3v) is 2.77. The molecule has 0 saturated heterocycles. The van der Waals surface area contributed by atoms with Crippen molar-refractivity contribution in [1.82, 2.24) is 16.0 Å². The van der Waals surface area contributed by atoms with Crippen LogP contribution in [-0.4, -0.2) is 39.8 Å². The minimum Gasteiger partial charge on any atom is -0.320 e. The zero-order valence-corrected chi connectivity index (χ0v) is 10.2. The topological polar surface area (TPSA) is 36.1 Å². The van der Waals surface area contributed by atoms with Crippen LogP contribution in [0.3, 0.4) is 0 Å². The fourth-order valence-electron chi connectivity index (χ4n) is 1.90. The van der Waals surface area contributed by atoms with Gasteiger partial charge in [0, 0.05) is 12.1 Å². The van der Waals surface area contributed by atoms with E-state index >= 15 is 0 Å². The van der Waals surface area contributed by atoms with Crippen molar-refractivity contribution < 1.29 is 0 Å². The molecule has 3 nitrogen and oxygen atoms in total. The van der Waals surface area contributed by atoms with Crippen LogP contribution in [0.4, 0.5) is 0 Å². The molecule has 0 aliphatic heterocycles. The van der Waals surface area contributed by atoms with Crippen molar-refractivity contribution in [3.63, 3.8) is 0 Å². The van der Waals surface area contributed by atoms with Crippen molar-refractivity contribution in [2.45, 2.75) is 44.7 Å². The van der Waals surface area contributed by atoms with E-state index in [1.165, 1.54) is 25.7 Å². The molecular formula is C11H27N3. The molecule has 0 saturated carbocycles. The number of hydrogen-bond acceptors (Lipinski definition) is 3. The summed E-state index contributed by atoms with van der Waals surface area (Å²) in [4.78, 5) is 0. The Morgan fingerprint density at radius 3 is 1.93 bits per heavy atom. The molecule has 0 spiro atoms. The van der Waals surface area contributed by atoms with E-state index in [1.807, 2.05) is 7.05 Å². The Kier molecular flexibility index (Phi) is 9.35. The second-order valence-electron chi connectivity index (χ2n) is 3.82. The highest BCUT2D eigenvalue weighted by Crippen LogP contribution is 2.07. The zero-order chi connectivity index (χ0) is 10.8. The van der Waals surface area contributed by atoms with Gasteiger partial charge in [-0.3, -0.25) is 0 Å². The molecule has 0 aromatic rings. The van der Waals surface area contributed by atoms with Gasteiger partial charge < -0.3 is 16.0 Å². The van der Waals surface area contributed by atoms with Gasteiger partial charge in [-0.25, -0.2) is 0 Å². The van der Waals surface area contributed by atoms with Gasteiger partial charge in [-0.05, 0) is 47.0 Å². The van der Waals surface area contributed by atoms with Gasteiger partial charge in [0.05, 0.1) is 0 Å². The third kappa shape index (κ3) is 5.58. The average molecular weight is 201 g/mol. The molecule has 0 heterocycles. The van der Waals surface area contributed by atoms with Crippen LogP contribution in [0, 0.1) is 0 Å². The summed E-state index contributed by atoms with van der Waals surface area (Å²) in [6, 6.07) is 1.22. The van der Waals surface area contributed by atoms with Crippen LogP contribution >= 0.6 is 0 Å². The van der Waals surface area contributed by atoms with Crippen molar-refractivity contribution in [3.05, 3.63) is 0 Å². The first-order valence-electron chi connectivity index (χ1n) is 5.79. The van der Waals surface area contributed by atoms with Gasteiger partial charge in [-0.1, -0.05) is 13.3 Å². The Balaban J connectivity index is 3.81. The molecule has 0 radical (unpaired) electrons. The molecule has 2 atom stereocenters. The average Bonchev–Trinajstić information content (AvgIpc) is 2.22. The Morgan fingerprint density at radius 2 is 1.50 bits per heavy atom. The fourth-order valence-corrected chi connectivity index (χ4v) is 1.90. The van der Waals surface area contributed by atoms with Crippen molar-refractivity contribution in [1.29, 1.82) is 0 Å². The van der Waals surface area contributed by atoms with Crippen LogP contribution < -0.4 is 16.0 Å². The normalized spacial score (nSPS) is 15.4. The summed E-state index contributed by atoms with van der Waals surface area (Å²) in [7, 11) is 6.13. The predicted molar refractivity (Wildman–Crippen MR) is 63.8 cm³/mol. The highest BCUT2D eigenvalue weighted by Gasteiger charge is 2.16. The molecule has 0 aliphatic rings. The van der Waals surface area contributed by atoms with Gasteiger partial charge >= 0.3 is 0 Å². The molecule has 0 bridgehead atoms. The molecule has 0 amide bonds. The molecule has 0 rings (SSSR count). The van der Waals surface area contributed by atoms with E-state index in [1.54, 1.807) is 0 Å². The maximum Gasteiger partial charge on any atom is 0.0218 e. The number of hydrogen-bond donors (Lipinski definition) is 3. The fraction of sp³-hybridized carbons (Fsp3) is 1.00. The lowest BCUT2D eigenvalue weighted by Crippen LogP contribution is -2.45. The first-order chi connectivity index (χ1) is 6.79. The van der Waals surface area contributed by atoms with Crippen molar-refractivity contribution in [2.75, 3.05) is 27.7 Å². The number of nitrogens with one attached hydrogen (secondary N) is 3. The van der Waals surface area contributed by atoms with Crippen LogP contribution in [0.15, 0.2) is 0 Å². The lowest BCUT2D eigenvalue weighted by molar-refractivity contribution is 0.360. The van der Waals surface area contributed by atoms with Crippen LogP contribution in [0.2, 0.25) is 0 Å². The van der Waals surface area contributed by atoms with Gasteiger partial charge in [0.1, 0.15) is 0 Å². The van der Waals surface area contributed by atoms with Crippen molar-refractivity contribution >= 4 is 0 Å². The number of rotatable bonds is 9. The highest BCUT2D eigenvalue weighted by molar-refractivity contribution is 4.79. The highest BCUT2D eigenvalue weighted by atomic mass is 15.0. The lowest BCUT2D eigenvalue weighted by Gasteiger charge is -2.26. The molecule has 86 valence electrons. The molecule has 0 aliphatic carbocycles. The summed E-state index contributed by atoms with van der Waals surface area (Å²) in [5.41, 5.74) is 0. The second-order valence-corrected chi connectivity index (χ2v) is 3.82. The minimum atomic E-state index is 0.605. The smallest absolute Gasteiger partial charge is 0.0218 e. The predicted octanol–water partition coefficient (Wildman–Crippen LogP) is 0.962. The van der Waals surface area contributed by atoms with E-state index in [-0.39, 0.29) is 0 Å². The van der Waals surface area contributed by atoms with Gasteiger partial charge in [0.15, 0.2) is 0 Å². The Bertz CT molecular complexity index is 117. The standard InChI is InChI=1S/C11H27N3/c1-5-7-10(13-3)11(14-4)8-6-9-12-2/h10-14H,5-9H2,1-4H3. The molecular weight excluding hydrogens is 174 g/mol. The van der Waals surface area contributed by atoms with Crippen LogP contribution in [0.1, 0.15) is 32.6 Å². The van der Waals surface area contributed by atoms with E-state index in [4.69, 9.17) is 0 Å². The Morgan fingerprint density at radius 1 is 0.929 bits per heavy atom. The molecule has 0 aromatic heterocycles. The van der Waals surface area contributed by atoms with Gasteiger partial charge in [-0.15, -0.1) is 0 Å². The van der Waals surface area contributed by atoms with E-state index in [2.05, 4.69) is 37.0 Å². The molecule has 14 heavy (non-hydrogen) atoms. The van der Waals surface area contributed by atoms with Gasteiger partial charge in [-0.2, -0.15) is 0 Å². The monoisotopic (exact) mass is 201 g/mol. The van der Waals surface area contributed by atoms with Crippen LogP contribution in [0.25, 0.3) is 0 Å². The van der Waals surface area contributed by atoms with E-state index in [0.717, 1.165) is 6.54 Å². The van der Waals surface area contributed by atoms with Gasteiger partial charge in [0.25, 0.3) is 0 Å². The van der Waals surface area contributed by atoms with Crippen LogP contribution in [0.5, 0.6) is 0 Å². The first kappa shape index (κ1) is 13.9. The summed E-state index contributed by atoms with van der Waals surface area (Å²) in [6.07, 6.45) is 4.98. The summed E-state index contributed by atoms with van der Waals surface area (Å²) < 4.78 is 0. The summed E-state index contributed by atoms with van der Waals surface area (Å²) >= 11 is 0. The Hall–Kier alpha value is -0.120. The summed E-state index contributed by atoms with van der Waals surface area (Å²) in [5, 5.41) is 9.99. The van der Waals surface area contributed by atoms with Gasteiger partial charge in [0.2, 0.25) is 0 Å². The lowest BCUT2D eigenvalue weighted by atomic mass is 9.99. The molecule has 0 fully saturated rings. The molecule has 3 N–H and O–H groups in total. The first-order valence-corrected chi connectivity index (χ1v) is 5.79. The molecule has 3 heteroatoms. The van der Waals surface area contributed by atoms with Crippen molar-refractivity contribution in [2.24, 2.45) is 0 Å². The number of likely N-dealkylation sites (N-methyl/N-ethyl adjacent to an activating group) is 2. The van der Waals surface area contributed by atoms with Crippen LogP contribution in [-0.2, 0) is 0 Å². The summed E-state index contributed by atoms with van der Waals surface area (Å²) in [5.74, 6) is 0. The maximum absolute atomic E-state index is 3.41. The second kappa shape index (κ2) is 9.44. The SMILES string of the molecule is CCCC(NC)C(CCCNC)NC. The van der Waals surface area contributed by atoms with E-state index < -0.39 is 0 Å². The summed E-state index contributed by atoms with van der Waals surface area (Å²) in [6.45, 7) is 3.35. The largest absolute Gasteiger partial charge is 0.320 e. The maximum atomic E-state index is 3.41. The minimum absolute atomic E-state index is 0.605. The quantitative estimate of drug-likeness (QED) is 0.486. The van der Waals surface area contributed by atoms with E-state index in [0.29, 0.717) is 12.1 Å². The zero-order valence-electron chi connectivity index (χ0n) is 10.2. The van der Waals surface area contributed by atoms with Crippen molar-refractivity contribution in [3.8, 4) is 0 Å². The third-order valence-electron chi connectivity index (χ3n) is 2.77. The molecule has 0 aromatic carbocycles.